The topological polar surface area (TPSA) is 54.0 Å². The molecule has 0 spiro atoms. The molecule has 0 aliphatic heterocycles. The van der Waals surface area contributed by atoms with Gasteiger partial charge in [-0.15, -0.1) is 36.2 Å². The molecule has 0 bridgehead atoms. The van der Waals surface area contributed by atoms with Crippen LogP contribution in [0, 0.1) is 13.8 Å². The molecule has 106 valence electrons. The van der Waals surface area contributed by atoms with Crippen LogP contribution in [0.2, 0.25) is 0 Å². The van der Waals surface area contributed by atoms with E-state index in [2.05, 4.69) is 15.6 Å². The van der Waals surface area contributed by atoms with Gasteiger partial charge in [-0.25, -0.2) is 4.98 Å². The molecule has 1 heterocycles. The summed E-state index contributed by atoms with van der Waals surface area (Å²) in [5.41, 5.74) is 1.03. The van der Waals surface area contributed by atoms with Gasteiger partial charge in [0.25, 0.3) is 0 Å². The molecule has 2 N–H and O–H groups in total. The van der Waals surface area contributed by atoms with Crippen molar-refractivity contribution in [2.45, 2.75) is 33.2 Å². The average Bonchev–Trinajstić information content (AvgIpc) is 2.55. The number of hydrogen-bond acceptors (Lipinski definition) is 4. The lowest BCUT2D eigenvalue weighted by Crippen LogP contribution is -2.23. The van der Waals surface area contributed by atoms with E-state index in [-0.39, 0.29) is 30.7 Å². The van der Waals surface area contributed by atoms with E-state index in [0.717, 1.165) is 28.5 Å². The number of nitrogens with one attached hydrogen (secondary N) is 2. The van der Waals surface area contributed by atoms with Crippen LogP contribution in [-0.2, 0) is 11.3 Å². The molecule has 0 atom stereocenters. The number of carbonyl (C=O) groups excluding carboxylic acids is 1. The van der Waals surface area contributed by atoms with Crippen molar-refractivity contribution in [2.75, 3.05) is 13.6 Å². The standard InChI is InChI=1S/C11H19N3OS.2ClH/c1-8-10(16-9(2)14-8)7-13-11(15)5-4-6-12-3;;/h12H,4-7H2,1-3H3,(H,13,15);2*1H. The molecule has 0 aliphatic carbocycles. The molecular weight excluding hydrogens is 293 g/mol. The molecule has 0 fully saturated rings. The van der Waals surface area contributed by atoms with Gasteiger partial charge in [0.1, 0.15) is 0 Å². The lowest BCUT2D eigenvalue weighted by Gasteiger charge is -2.03. The first-order valence-electron chi connectivity index (χ1n) is 5.47. The Balaban J connectivity index is 0. The van der Waals surface area contributed by atoms with E-state index in [0.29, 0.717) is 13.0 Å². The third-order valence-corrected chi connectivity index (χ3v) is 3.35. The van der Waals surface area contributed by atoms with Gasteiger partial charge in [0.05, 0.1) is 17.2 Å². The molecule has 1 aromatic rings. The second kappa shape index (κ2) is 10.6. The normalized spacial score (nSPS) is 9.28. The molecule has 0 unspecified atom stereocenters. The van der Waals surface area contributed by atoms with Gasteiger partial charge in [-0.1, -0.05) is 0 Å². The van der Waals surface area contributed by atoms with E-state index in [4.69, 9.17) is 0 Å². The van der Waals surface area contributed by atoms with Crippen LogP contribution in [0.3, 0.4) is 0 Å². The van der Waals surface area contributed by atoms with Crippen LogP contribution in [-0.4, -0.2) is 24.5 Å². The maximum Gasteiger partial charge on any atom is 0.220 e. The number of carbonyl (C=O) groups is 1. The minimum atomic E-state index is 0. The number of aromatic nitrogens is 1. The predicted molar refractivity (Wildman–Crippen MR) is 81.1 cm³/mol. The Hall–Kier alpha value is -0.360. The molecular formula is C11H21Cl2N3OS. The summed E-state index contributed by atoms with van der Waals surface area (Å²) in [6, 6.07) is 0. The lowest BCUT2D eigenvalue weighted by atomic mass is 10.3. The van der Waals surface area contributed by atoms with E-state index in [1.165, 1.54) is 0 Å². The summed E-state index contributed by atoms with van der Waals surface area (Å²) in [6.45, 7) is 5.45. The molecule has 0 aromatic carbocycles. The van der Waals surface area contributed by atoms with Crippen molar-refractivity contribution < 1.29 is 4.79 Å². The average molecular weight is 314 g/mol. The number of rotatable bonds is 6. The van der Waals surface area contributed by atoms with Crippen LogP contribution in [0.4, 0.5) is 0 Å². The number of aryl methyl sites for hydroxylation is 2. The van der Waals surface area contributed by atoms with E-state index in [1.54, 1.807) is 11.3 Å². The fraction of sp³-hybridized carbons (Fsp3) is 0.636. The summed E-state index contributed by atoms with van der Waals surface area (Å²) < 4.78 is 0. The van der Waals surface area contributed by atoms with Gasteiger partial charge in [-0.2, -0.15) is 0 Å². The van der Waals surface area contributed by atoms with E-state index in [9.17, 15) is 4.79 Å². The molecule has 1 rings (SSSR count). The fourth-order valence-corrected chi connectivity index (χ4v) is 2.31. The van der Waals surface area contributed by atoms with Gasteiger partial charge < -0.3 is 10.6 Å². The molecule has 4 nitrogen and oxygen atoms in total. The Labute approximate surface area is 125 Å². The van der Waals surface area contributed by atoms with Crippen molar-refractivity contribution in [2.24, 2.45) is 0 Å². The van der Waals surface area contributed by atoms with Gasteiger partial charge in [0, 0.05) is 11.3 Å². The molecule has 0 saturated carbocycles. The van der Waals surface area contributed by atoms with Crippen LogP contribution in [0.25, 0.3) is 0 Å². The maximum atomic E-state index is 11.5. The van der Waals surface area contributed by atoms with Crippen molar-refractivity contribution in [3.8, 4) is 0 Å². The highest BCUT2D eigenvalue weighted by molar-refractivity contribution is 7.11. The van der Waals surface area contributed by atoms with Crippen molar-refractivity contribution in [1.29, 1.82) is 0 Å². The van der Waals surface area contributed by atoms with Crippen LogP contribution in [0.1, 0.15) is 28.4 Å². The maximum absolute atomic E-state index is 11.5. The minimum absolute atomic E-state index is 0. The Kier molecular flexibility index (Phi) is 11.7. The zero-order valence-electron chi connectivity index (χ0n) is 10.9. The highest BCUT2D eigenvalue weighted by Gasteiger charge is 2.06. The Morgan fingerprint density at radius 1 is 1.33 bits per heavy atom. The largest absolute Gasteiger partial charge is 0.351 e. The molecule has 7 heteroatoms. The third kappa shape index (κ3) is 7.16. The second-order valence-electron chi connectivity index (χ2n) is 3.73. The fourth-order valence-electron chi connectivity index (χ4n) is 1.43. The van der Waals surface area contributed by atoms with Crippen molar-refractivity contribution >= 4 is 42.1 Å². The first-order valence-corrected chi connectivity index (χ1v) is 6.29. The summed E-state index contributed by atoms with van der Waals surface area (Å²) in [5.74, 6) is 0.112. The quantitative estimate of drug-likeness (QED) is 0.792. The number of thiazole rings is 1. The summed E-state index contributed by atoms with van der Waals surface area (Å²) in [7, 11) is 1.89. The molecule has 0 radical (unpaired) electrons. The third-order valence-electron chi connectivity index (χ3n) is 2.28. The van der Waals surface area contributed by atoms with E-state index < -0.39 is 0 Å². The number of nitrogens with zero attached hydrogens (tertiary/aromatic N) is 1. The zero-order valence-corrected chi connectivity index (χ0v) is 13.4. The second-order valence-corrected chi connectivity index (χ2v) is 5.01. The number of halogens is 2. The van der Waals surface area contributed by atoms with E-state index in [1.807, 2.05) is 20.9 Å². The van der Waals surface area contributed by atoms with Crippen molar-refractivity contribution in [1.82, 2.24) is 15.6 Å². The smallest absolute Gasteiger partial charge is 0.220 e. The molecule has 1 aromatic heterocycles. The zero-order chi connectivity index (χ0) is 12.0. The summed E-state index contributed by atoms with van der Waals surface area (Å²) in [4.78, 5) is 16.9. The summed E-state index contributed by atoms with van der Waals surface area (Å²) >= 11 is 1.65. The van der Waals surface area contributed by atoms with Gasteiger partial charge in [0.2, 0.25) is 5.91 Å². The first kappa shape index (κ1) is 20.0. The number of amides is 1. The Morgan fingerprint density at radius 3 is 2.50 bits per heavy atom. The Bertz CT molecular complexity index is 358. The predicted octanol–water partition coefficient (Wildman–Crippen LogP) is 2.22. The summed E-state index contributed by atoms with van der Waals surface area (Å²) in [5, 5.41) is 6.99. The SMILES string of the molecule is CNCCCC(=O)NCc1sc(C)nc1C.Cl.Cl. The van der Waals surface area contributed by atoms with Crippen LogP contribution < -0.4 is 10.6 Å². The first-order chi connectivity index (χ1) is 7.63. The lowest BCUT2D eigenvalue weighted by molar-refractivity contribution is -0.121. The van der Waals surface area contributed by atoms with Crippen LogP contribution >= 0.6 is 36.2 Å². The van der Waals surface area contributed by atoms with E-state index >= 15 is 0 Å². The van der Waals surface area contributed by atoms with Gasteiger partial charge >= 0.3 is 0 Å². The molecule has 1 amide bonds. The monoisotopic (exact) mass is 313 g/mol. The van der Waals surface area contributed by atoms with Gasteiger partial charge in [-0.3, -0.25) is 4.79 Å². The molecule has 18 heavy (non-hydrogen) atoms. The molecule has 0 aliphatic rings. The summed E-state index contributed by atoms with van der Waals surface area (Å²) in [6.07, 6.45) is 1.46. The van der Waals surface area contributed by atoms with Crippen LogP contribution in [0.15, 0.2) is 0 Å². The van der Waals surface area contributed by atoms with Crippen molar-refractivity contribution in [3.05, 3.63) is 15.6 Å². The van der Waals surface area contributed by atoms with Crippen LogP contribution in [0.5, 0.6) is 0 Å². The Morgan fingerprint density at radius 2 is 2.00 bits per heavy atom. The highest BCUT2D eigenvalue weighted by Crippen LogP contribution is 2.16. The van der Waals surface area contributed by atoms with Gasteiger partial charge in [0.15, 0.2) is 0 Å². The van der Waals surface area contributed by atoms with Crippen molar-refractivity contribution in [3.63, 3.8) is 0 Å². The van der Waals surface area contributed by atoms with Gasteiger partial charge in [-0.05, 0) is 33.9 Å². The number of hydrogen-bond donors (Lipinski definition) is 2. The molecule has 0 saturated heterocycles. The highest BCUT2D eigenvalue weighted by atomic mass is 35.5. The minimum Gasteiger partial charge on any atom is -0.351 e.